The van der Waals surface area contributed by atoms with Crippen LogP contribution < -0.4 is 16.6 Å². The third-order valence-electron chi connectivity index (χ3n) is 2.44. The van der Waals surface area contributed by atoms with E-state index in [1.54, 1.807) is 18.3 Å². The lowest BCUT2D eigenvalue weighted by Crippen LogP contribution is -2.27. The molecule has 0 saturated heterocycles. The monoisotopic (exact) mass is 258 g/mol. The molecule has 0 bridgehead atoms. The number of carbonyl (C=O) groups excluding carboxylic acids is 1. The van der Waals surface area contributed by atoms with Crippen molar-refractivity contribution in [1.29, 1.82) is 0 Å². The lowest BCUT2D eigenvalue weighted by Gasteiger charge is -2.04. The van der Waals surface area contributed by atoms with Crippen LogP contribution in [0.15, 0.2) is 36.5 Å². The minimum atomic E-state index is -0.271. The summed E-state index contributed by atoms with van der Waals surface area (Å²) < 4.78 is 0. The van der Waals surface area contributed by atoms with Crippen LogP contribution in [0.1, 0.15) is 16.2 Å². The molecule has 98 valence electrons. The number of pyridine rings is 1. The Morgan fingerprint density at radius 3 is 2.74 bits per heavy atom. The van der Waals surface area contributed by atoms with E-state index in [-0.39, 0.29) is 11.6 Å². The average molecular weight is 258 g/mol. The van der Waals surface area contributed by atoms with Crippen molar-refractivity contribution < 1.29 is 4.79 Å². The number of carbonyl (C=O) groups is 1. The molecule has 19 heavy (non-hydrogen) atoms. The topological polar surface area (TPSA) is 106 Å². The zero-order valence-electron chi connectivity index (χ0n) is 10.2. The number of nitrogens with one attached hydrogen (secondary N) is 2. The number of anilines is 1. The van der Waals surface area contributed by atoms with E-state index in [9.17, 15) is 4.79 Å². The fourth-order valence-electron chi connectivity index (χ4n) is 1.47. The molecule has 0 aliphatic carbocycles. The zero-order chi connectivity index (χ0) is 13.5. The number of aromatic nitrogens is 3. The molecule has 1 amide bonds. The molecule has 0 radical (unpaired) electrons. The van der Waals surface area contributed by atoms with Gasteiger partial charge >= 0.3 is 0 Å². The third-order valence-corrected chi connectivity index (χ3v) is 2.44. The predicted octanol–water partition coefficient (Wildman–Crippen LogP) is 0.130. The summed E-state index contributed by atoms with van der Waals surface area (Å²) in [7, 11) is 0. The molecule has 2 rings (SSSR count). The van der Waals surface area contributed by atoms with Crippen molar-refractivity contribution in [2.45, 2.75) is 6.42 Å². The second-order valence-corrected chi connectivity index (χ2v) is 3.78. The molecule has 2 aromatic rings. The second kappa shape index (κ2) is 6.41. The maximum atomic E-state index is 11.7. The van der Waals surface area contributed by atoms with Gasteiger partial charge in [0, 0.05) is 24.9 Å². The number of rotatable bonds is 5. The molecule has 0 spiro atoms. The molecular formula is C12H14N6O. The number of hydrogen-bond acceptors (Lipinski definition) is 6. The smallest absolute Gasteiger partial charge is 0.271 e. The molecule has 0 unspecified atom stereocenters. The maximum absolute atomic E-state index is 11.7. The van der Waals surface area contributed by atoms with Gasteiger partial charge in [0.05, 0.1) is 0 Å². The molecule has 2 heterocycles. The number of nitrogens with two attached hydrogens (primary N) is 1. The van der Waals surface area contributed by atoms with Crippen molar-refractivity contribution in [3.05, 3.63) is 47.9 Å². The van der Waals surface area contributed by atoms with Gasteiger partial charge in [0.1, 0.15) is 0 Å². The lowest BCUT2D eigenvalue weighted by molar-refractivity contribution is 0.0948. The maximum Gasteiger partial charge on any atom is 0.271 e. The van der Waals surface area contributed by atoms with Gasteiger partial charge < -0.3 is 10.7 Å². The molecule has 4 N–H and O–H groups in total. The van der Waals surface area contributed by atoms with E-state index < -0.39 is 0 Å². The van der Waals surface area contributed by atoms with Gasteiger partial charge in [-0.3, -0.25) is 9.78 Å². The van der Waals surface area contributed by atoms with Gasteiger partial charge in [0.15, 0.2) is 11.5 Å². The van der Waals surface area contributed by atoms with Crippen LogP contribution in [0.2, 0.25) is 0 Å². The van der Waals surface area contributed by atoms with E-state index >= 15 is 0 Å². The van der Waals surface area contributed by atoms with Gasteiger partial charge in [-0.1, -0.05) is 6.07 Å². The van der Waals surface area contributed by atoms with E-state index in [0.717, 1.165) is 5.69 Å². The normalized spacial score (nSPS) is 9.95. The number of hydrazine groups is 1. The number of amides is 1. The first-order valence-electron chi connectivity index (χ1n) is 5.78. The molecule has 0 aromatic carbocycles. The summed E-state index contributed by atoms with van der Waals surface area (Å²) in [5.74, 6) is 5.30. The minimum absolute atomic E-state index is 0.250. The number of hydrogen-bond donors (Lipinski definition) is 3. The molecule has 0 aliphatic heterocycles. The number of nitrogens with zero attached hydrogens (tertiary/aromatic N) is 3. The quantitative estimate of drug-likeness (QED) is 0.520. The van der Waals surface area contributed by atoms with E-state index in [2.05, 4.69) is 25.9 Å². The van der Waals surface area contributed by atoms with Crippen LogP contribution in [-0.4, -0.2) is 27.6 Å². The van der Waals surface area contributed by atoms with Crippen molar-refractivity contribution in [2.24, 2.45) is 5.84 Å². The lowest BCUT2D eigenvalue weighted by atomic mass is 10.2. The molecule has 7 nitrogen and oxygen atoms in total. The SMILES string of the molecule is NNc1ccc(C(=O)NCCc2ccccn2)nn1. The van der Waals surface area contributed by atoms with Crippen LogP contribution in [0.3, 0.4) is 0 Å². The van der Waals surface area contributed by atoms with Crippen molar-refractivity contribution in [3.63, 3.8) is 0 Å². The summed E-state index contributed by atoms with van der Waals surface area (Å²) in [5, 5.41) is 10.2. The van der Waals surface area contributed by atoms with Crippen molar-refractivity contribution in [3.8, 4) is 0 Å². The summed E-state index contributed by atoms with van der Waals surface area (Å²) in [6.45, 7) is 0.494. The predicted molar refractivity (Wildman–Crippen MR) is 70.1 cm³/mol. The molecule has 0 saturated carbocycles. The summed E-state index contributed by atoms with van der Waals surface area (Å²) in [6.07, 6.45) is 2.39. The van der Waals surface area contributed by atoms with Crippen LogP contribution >= 0.6 is 0 Å². The number of nitrogen functional groups attached to an aromatic ring is 1. The highest BCUT2D eigenvalue weighted by atomic mass is 16.1. The van der Waals surface area contributed by atoms with E-state index in [1.807, 2.05) is 18.2 Å². The Bertz CT molecular complexity index is 528. The first-order chi connectivity index (χ1) is 9.29. The largest absolute Gasteiger partial charge is 0.350 e. The average Bonchev–Trinajstić information content (AvgIpc) is 2.48. The molecule has 2 aromatic heterocycles. The van der Waals surface area contributed by atoms with Crippen molar-refractivity contribution in [2.75, 3.05) is 12.0 Å². The fourth-order valence-corrected chi connectivity index (χ4v) is 1.47. The zero-order valence-corrected chi connectivity index (χ0v) is 10.2. The Labute approximate surface area is 110 Å². The standard InChI is InChI=1S/C12H14N6O/c13-16-11-5-4-10(17-18-11)12(19)15-8-6-9-3-1-2-7-14-9/h1-5,7H,6,8,13H2,(H,15,19)(H,16,18). The molecule has 7 heteroatoms. The van der Waals surface area contributed by atoms with Gasteiger partial charge in [-0.15, -0.1) is 10.2 Å². The van der Waals surface area contributed by atoms with E-state index in [1.165, 1.54) is 0 Å². The second-order valence-electron chi connectivity index (χ2n) is 3.78. The van der Waals surface area contributed by atoms with Crippen LogP contribution in [-0.2, 0) is 6.42 Å². The van der Waals surface area contributed by atoms with Crippen molar-refractivity contribution >= 4 is 11.7 Å². The molecule has 0 aliphatic rings. The van der Waals surface area contributed by atoms with Gasteiger partial charge in [-0.2, -0.15) is 0 Å². The minimum Gasteiger partial charge on any atom is -0.350 e. The third kappa shape index (κ3) is 3.71. The van der Waals surface area contributed by atoms with Crippen LogP contribution in [0.5, 0.6) is 0 Å². The van der Waals surface area contributed by atoms with Crippen LogP contribution in [0, 0.1) is 0 Å². The summed E-state index contributed by atoms with van der Waals surface area (Å²) >= 11 is 0. The highest BCUT2D eigenvalue weighted by Gasteiger charge is 2.07. The molecular weight excluding hydrogens is 244 g/mol. The van der Waals surface area contributed by atoms with E-state index in [4.69, 9.17) is 5.84 Å². The van der Waals surface area contributed by atoms with Crippen LogP contribution in [0.4, 0.5) is 5.82 Å². The Balaban J connectivity index is 1.84. The van der Waals surface area contributed by atoms with Gasteiger partial charge in [-0.05, 0) is 24.3 Å². The molecule has 0 atom stereocenters. The highest BCUT2D eigenvalue weighted by Crippen LogP contribution is 2.00. The Morgan fingerprint density at radius 1 is 1.21 bits per heavy atom. The Morgan fingerprint density at radius 2 is 2.11 bits per heavy atom. The summed E-state index contributed by atoms with van der Waals surface area (Å²) in [5.41, 5.74) is 3.52. The van der Waals surface area contributed by atoms with E-state index in [0.29, 0.717) is 18.8 Å². The Kier molecular flexibility index (Phi) is 4.35. The Hall–Kier alpha value is -2.54. The highest BCUT2D eigenvalue weighted by molar-refractivity contribution is 5.92. The first-order valence-corrected chi connectivity index (χ1v) is 5.78. The van der Waals surface area contributed by atoms with Crippen LogP contribution in [0.25, 0.3) is 0 Å². The summed E-state index contributed by atoms with van der Waals surface area (Å²) in [4.78, 5) is 15.9. The van der Waals surface area contributed by atoms with Gasteiger partial charge in [0.25, 0.3) is 5.91 Å². The van der Waals surface area contributed by atoms with Gasteiger partial charge in [-0.25, -0.2) is 5.84 Å². The fraction of sp³-hybridized carbons (Fsp3) is 0.167. The first kappa shape index (κ1) is 12.9. The molecule has 0 fully saturated rings. The van der Waals surface area contributed by atoms with Gasteiger partial charge in [0.2, 0.25) is 0 Å². The van der Waals surface area contributed by atoms with Crippen molar-refractivity contribution in [1.82, 2.24) is 20.5 Å². The summed E-state index contributed by atoms with van der Waals surface area (Å²) in [6, 6.07) is 8.81.